The van der Waals surface area contributed by atoms with E-state index in [1.54, 1.807) is 24.3 Å². The molecule has 2 nitrogen and oxygen atoms in total. The predicted molar refractivity (Wildman–Crippen MR) is 63.4 cm³/mol. The van der Waals surface area contributed by atoms with Crippen LogP contribution in [0, 0.1) is 6.07 Å². The van der Waals surface area contributed by atoms with Gasteiger partial charge in [-0.05, 0) is 18.2 Å². The van der Waals surface area contributed by atoms with Crippen molar-refractivity contribution in [1.29, 1.82) is 0 Å². The maximum absolute atomic E-state index is 12.8. The van der Waals surface area contributed by atoms with Crippen molar-refractivity contribution in [3.8, 4) is 17.2 Å². The van der Waals surface area contributed by atoms with Crippen molar-refractivity contribution in [2.24, 2.45) is 0 Å². The fraction of sp³-hybridized carbons (Fsp3) is 0.143. The van der Waals surface area contributed by atoms with Crippen molar-refractivity contribution in [3.63, 3.8) is 0 Å². The van der Waals surface area contributed by atoms with Crippen molar-refractivity contribution < 1.29 is 31.4 Å². The van der Waals surface area contributed by atoms with Crippen LogP contribution < -0.4 is 9.47 Å². The summed E-state index contributed by atoms with van der Waals surface area (Å²) in [5.41, 5.74) is 0. The van der Waals surface area contributed by atoms with Crippen molar-refractivity contribution in [2.45, 2.75) is 12.3 Å². The van der Waals surface area contributed by atoms with Crippen LogP contribution in [0.3, 0.4) is 0 Å². The second-order valence-electron chi connectivity index (χ2n) is 3.92. The Bertz CT molecular complexity index is 596. The summed E-state index contributed by atoms with van der Waals surface area (Å²) in [5.74, 6) is -0.323. The lowest BCUT2D eigenvalue weighted by Crippen LogP contribution is -2.41. The molecule has 111 valence electrons. The highest BCUT2D eigenvalue weighted by Crippen LogP contribution is 2.38. The van der Waals surface area contributed by atoms with Crippen LogP contribution in [0.25, 0.3) is 0 Å². The lowest BCUT2D eigenvalue weighted by atomic mass is 10.3. The van der Waals surface area contributed by atoms with Gasteiger partial charge in [0.15, 0.2) is 0 Å². The van der Waals surface area contributed by atoms with Crippen molar-refractivity contribution in [3.05, 3.63) is 54.6 Å². The number of alkyl halides is 5. The van der Waals surface area contributed by atoms with Gasteiger partial charge >= 0.3 is 12.3 Å². The molecule has 0 aromatic heterocycles. The minimum atomic E-state index is -5.79. The highest BCUT2D eigenvalue weighted by Gasteiger charge is 2.61. The van der Waals surface area contributed by atoms with Crippen LogP contribution in [-0.4, -0.2) is 12.3 Å². The van der Waals surface area contributed by atoms with E-state index in [-0.39, 0.29) is 11.5 Å². The van der Waals surface area contributed by atoms with Crippen LogP contribution in [0.4, 0.5) is 22.0 Å². The fourth-order valence-corrected chi connectivity index (χ4v) is 1.37. The van der Waals surface area contributed by atoms with E-state index in [0.29, 0.717) is 0 Å². The molecule has 7 heteroatoms. The molecule has 0 aliphatic rings. The van der Waals surface area contributed by atoms with Gasteiger partial charge < -0.3 is 9.47 Å². The molecule has 1 radical (unpaired) electrons. The molecule has 2 aromatic rings. The second kappa shape index (κ2) is 5.59. The molecule has 0 spiro atoms. The molecular weight excluding hydrogens is 295 g/mol. The maximum Gasteiger partial charge on any atom is 0.499 e. The lowest BCUT2D eigenvalue weighted by molar-refractivity contribution is -0.360. The third kappa shape index (κ3) is 3.84. The summed E-state index contributed by atoms with van der Waals surface area (Å²) in [4.78, 5) is 0. The van der Waals surface area contributed by atoms with Crippen molar-refractivity contribution in [2.75, 3.05) is 0 Å². The monoisotopic (exact) mass is 303 g/mol. The van der Waals surface area contributed by atoms with Crippen LogP contribution in [0.15, 0.2) is 48.5 Å². The molecule has 0 aliphatic carbocycles. The van der Waals surface area contributed by atoms with E-state index in [1.165, 1.54) is 12.1 Å². The summed E-state index contributed by atoms with van der Waals surface area (Å²) in [7, 11) is 0. The summed E-state index contributed by atoms with van der Waals surface area (Å²) in [6.45, 7) is 0. The highest BCUT2D eigenvalue weighted by molar-refractivity contribution is 5.36. The minimum Gasteiger partial charge on any atom is -0.457 e. The molecular formula is C14H8F5O2. The van der Waals surface area contributed by atoms with Crippen LogP contribution in [-0.2, 0) is 0 Å². The zero-order valence-corrected chi connectivity index (χ0v) is 10.3. The molecule has 0 saturated heterocycles. The van der Waals surface area contributed by atoms with E-state index in [4.69, 9.17) is 4.74 Å². The third-order valence-corrected chi connectivity index (χ3v) is 2.29. The van der Waals surface area contributed by atoms with Crippen molar-refractivity contribution in [1.82, 2.24) is 0 Å². The number of rotatable bonds is 4. The zero-order valence-electron chi connectivity index (χ0n) is 10.3. The van der Waals surface area contributed by atoms with E-state index in [0.717, 1.165) is 12.1 Å². The van der Waals surface area contributed by atoms with E-state index < -0.39 is 18.0 Å². The summed E-state index contributed by atoms with van der Waals surface area (Å²) in [5, 5.41) is 0. The van der Waals surface area contributed by atoms with Crippen LogP contribution >= 0.6 is 0 Å². The minimum absolute atomic E-state index is 0.0490. The number of benzene rings is 2. The van der Waals surface area contributed by atoms with Gasteiger partial charge in [0.25, 0.3) is 0 Å². The molecule has 0 saturated carbocycles. The normalized spacial score (nSPS) is 12.0. The number of hydrogen-bond acceptors (Lipinski definition) is 2. The first-order valence-electron chi connectivity index (χ1n) is 5.66. The topological polar surface area (TPSA) is 18.5 Å². The van der Waals surface area contributed by atoms with Gasteiger partial charge in [-0.15, -0.1) is 0 Å². The van der Waals surface area contributed by atoms with Gasteiger partial charge in [-0.3, -0.25) is 0 Å². The van der Waals surface area contributed by atoms with Crippen LogP contribution in [0.1, 0.15) is 0 Å². The summed E-state index contributed by atoms with van der Waals surface area (Å²) in [6.07, 6.45) is -11.1. The highest BCUT2D eigenvalue weighted by atomic mass is 19.4. The first kappa shape index (κ1) is 15.1. The molecule has 0 amide bonds. The molecule has 21 heavy (non-hydrogen) atoms. The maximum atomic E-state index is 12.8. The second-order valence-corrected chi connectivity index (χ2v) is 3.92. The van der Waals surface area contributed by atoms with Crippen molar-refractivity contribution >= 4 is 0 Å². The Kier molecular flexibility index (Phi) is 4.02. The number of hydrogen-bond donors (Lipinski definition) is 0. The van der Waals surface area contributed by atoms with E-state index in [2.05, 4.69) is 10.8 Å². The predicted octanol–water partition coefficient (Wildman–Crippen LogP) is 4.81. The Morgan fingerprint density at radius 3 is 2.19 bits per heavy atom. The average molecular weight is 303 g/mol. The Balaban J connectivity index is 2.15. The summed E-state index contributed by atoms with van der Waals surface area (Å²) >= 11 is 0. The molecule has 0 atom stereocenters. The molecule has 0 heterocycles. The van der Waals surface area contributed by atoms with Crippen LogP contribution in [0.2, 0.25) is 0 Å². The quantitative estimate of drug-likeness (QED) is 0.754. The molecule has 2 aromatic carbocycles. The molecule has 0 N–H and O–H groups in total. The smallest absolute Gasteiger partial charge is 0.457 e. The Morgan fingerprint density at radius 2 is 1.57 bits per heavy atom. The average Bonchev–Trinajstić information content (AvgIpc) is 2.38. The lowest BCUT2D eigenvalue weighted by Gasteiger charge is -2.20. The SMILES string of the molecule is FC(F)(F)C(F)(F)Oc1cccc(Oc2[c]cccc2)c1. The Labute approximate surface area is 116 Å². The zero-order chi connectivity index (χ0) is 15.5. The molecule has 0 unspecified atom stereocenters. The van der Waals surface area contributed by atoms with Crippen LogP contribution in [0.5, 0.6) is 17.2 Å². The number of ether oxygens (including phenoxy) is 2. The third-order valence-electron chi connectivity index (χ3n) is 2.29. The molecule has 0 fully saturated rings. The molecule has 0 aliphatic heterocycles. The van der Waals surface area contributed by atoms with Gasteiger partial charge in [0, 0.05) is 12.1 Å². The first-order chi connectivity index (χ1) is 9.78. The van der Waals surface area contributed by atoms with Gasteiger partial charge in [0.1, 0.15) is 17.2 Å². The first-order valence-corrected chi connectivity index (χ1v) is 5.66. The van der Waals surface area contributed by atoms with Gasteiger partial charge in [0.2, 0.25) is 0 Å². The van der Waals surface area contributed by atoms with Gasteiger partial charge in [-0.2, -0.15) is 22.0 Å². The molecule has 2 rings (SSSR count). The van der Waals surface area contributed by atoms with E-state index in [1.807, 2.05) is 0 Å². The van der Waals surface area contributed by atoms with Gasteiger partial charge in [-0.25, -0.2) is 0 Å². The number of halogens is 5. The van der Waals surface area contributed by atoms with E-state index in [9.17, 15) is 22.0 Å². The van der Waals surface area contributed by atoms with Gasteiger partial charge in [0.05, 0.1) is 0 Å². The summed E-state index contributed by atoms with van der Waals surface area (Å²) < 4.78 is 70.7. The van der Waals surface area contributed by atoms with Gasteiger partial charge in [-0.1, -0.05) is 24.3 Å². The summed E-state index contributed by atoms with van der Waals surface area (Å²) in [6, 6.07) is 13.7. The Morgan fingerprint density at radius 1 is 0.857 bits per heavy atom. The fourth-order valence-electron chi connectivity index (χ4n) is 1.37. The number of para-hydroxylation sites is 1. The Hall–Kier alpha value is -2.31. The van der Waals surface area contributed by atoms with E-state index >= 15 is 0 Å². The standard InChI is InChI=1S/C14H8F5O2/c15-13(16,17)14(18,19)21-12-8-4-7-11(9-12)20-10-5-2-1-3-6-10/h1-5,7-9H. The molecule has 0 bridgehead atoms. The largest absolute Gasteiger partial charge is 0.499 e.